The molecule has 0 aliphatic rings. The van der Waals surface area contributed by atoms with Crippen molar-refractivity contribution in [2.75, 3.05) is 6.61 Å². The molecule has 2 aromatic rings. The number of benzene rings is 2. The van der Waals surface area contributed by atoms with Crippen LogP contribution in [-0.4, -0.2) is 6.61 Å². The van der Waals surface area contributed by atoms with Crippen LogP contribution in [-0.2, 0) is 0 Å². The highest BCUT2D eigenvalue weighted by Gasteiger charge is 1.98. The molecule has 0 bridgehead atoms. The number of ether oxygens (including phenoxy) is 1. The number of rotatable bonds is 7. The largest absolute Gasteiger partial charge is 0.490 e. The van der Waals surface area contributed by atoms with Crippen molar-refractivity contribution in [3.05, 3.63) is 76.8 Å². The maximum absolute atomic E-state index is 5.75. The van der Waals surface area contributed by atoms with Gasteiger partial charge in [-0.1, -0.05) is 77.3 Å². The highest BCUT2D eigenvalue weighted by Crippen LogP contribution is 2.22. The molecule has 0 aromatic heterocycles. The van der Waals surface area contributed by atoms with Gasteiger partial charge in [-0.05, 0) is 49.1 Å². The smallest absolute Gasteiger partial charge is 0.119 e. The lowest BCUT2D eigenvalue weighted by atomic mass is 10.1. The predicted molar refractivity (Wildman–Crippen MR) is 100 cm³/mol. The van der Waals surface area contributed by atoms with E-state index in [9.17, 15) is 0 Å². The van der Waals surface area contributed by atoms with E-state index in [1.165, 1.54) is 16.7 Å². The SMILES string of the molecule is CC(=CCOc1ccc(-c2ccccc2)cc1)CCC=C(Cl)Cl. The lowest BCUT2D eigenvalue weighted by molar-refractivity contribution is 0.361. The van der Waals surface area contributed by atoms with E-state index in [0.717, 1.165) is 18.6 Å². The van der Waals surface area contributed by atoms with E-state index < -0.39 is 0 Å². The fraction of sp³-hybridized carbons (Fsp3) is 0.200. The zero-order chi connectivity index (χ0) is 16.5. The molecule has 0 atom stereocenters. The minimum atomic E-state index is 0.326. The van der Waals surface area contributed by atoms with Crippen LogP contribution in [0.3, 0.4) is 0 Å². The van der Waals surface area contributed by atoms with Crippen LogP contribution in [0.4, 0.5) is 0 Å². The van der Waals surface area contributed by atoms with Crippen molar-refractivity contribution in [1.82, 2.24) is 0 Å². The second-order valence-corrected chi connectivity index (χ2v) is 6.29. The summed E-state index contributed by atoms with van der Waals surface area (Å²) in [5, 5.41) is 0. The second kappa shape index (κ2) is 9.44. The molecule has 120 valence electrons. The van der Waals surface area contributed by atoms with Gasteiger partial charge in [0, 0.05) is 0 Å². The van der Waals surface area contributed by atoms with Crippen molar-refractivity contribution >= 4 is 23.2 Å². The minimum Gasteiger partial charge on any atom is -0.490 e. The fourth-order valence-electron chi connectivity index (χ4n) is 2.17. The van der Waals surface area contributed by atoms with Crippen LogP contribution in [0.1, 0.15) is 19.8 Å². The van der Waals surface area contributed by atoms with Gasteiger partial charge in [-0.25, -0.2) is 0 Å². The van der Waals surface area contributed by atoms with E-state index >= 15 is 0 Å². The molecule has 0 fully saturated rings. The Balaban J connectivity index is 1.83. The van der Waals surface area contributed by atoms with Gasteiger partial charge in [-0.15, -0.1) is 0 Å². The minimum absolute atomic E-state index is 0.326. The van der Waals surface area contributed by atoms with Crippen molar-refractivity contribution in [3.63, 3.8) is 0 Å². The molecule has 0 saturated heterocycles. The van der Waals surface area contributed by atoms with Crippen molar-refractivity contribution in [1.29, 1.82) is 0 Å². The van der Waals surface area contributed by atoms with Gasteiger partial charge in [0.1, 0.15) is 16.8 Å². The summed E-state index contributed by atoms with van der Waals surface area (Å²) in [6, 6.07) is 18.5. The van der Waals surface area contributed by atoms with E-state index in [0.29, 0.717) is 11.1 Å². The lowest BCUT2D eigenvalue weighted by Crippen LogP contribution is -1.94. The Hall–Kier alpha value is -1.70. The molecule has 0 saturated carbocycles. The van der Waals surface area contributed by atoms with Crippen LogP contribution >= 0.6 is 23.2 Å². The average Bonchev–Trinajstić information content (AvgIpc) is 2.56. The highest BCUT2D eigenvalue weighted by atomic mass is 35.5. The van der Waals surface area contributed by atoms with Crippen LogP contribution in [0, 0.1) is 0 Å². The van der Waals surface area contributed by atoms with Gasteiger partial charge in [0.15, 0.2) is 0 Å². The van der Waals surface area contributed by atoms with Crippen molar-refractivity contribution in [3.8, 4) is 16.9 Å². The Morgan fingerprint density at radius 3 is 2.22 bits per heavy atom. The third-order valence-corrected chi connectivity index (χ3v) is 3.79. The summed E-state index contributed by atoms with van der Waals surface area (Å²) in [6.45, 7) is 2.65. The van der Waals surface area contributed by atoms with Crippen molar-refractivity contribution in [2.24, 2.45) is 0 Å². The summed E-state index contributed by atoms with van der Waals surface area (Å²) >= 11 is 11.2. The van der Waals surface area contributed by atoms with Crippen LogP contribution in [0.25, 0.3) is 11.1 Å². The molecule has 0 amide bonds. The average molecular weight is 347 g/mol. The van der Waals surface area contributed by atoms with Crippen LogP contribution < -0.4 is 4.74 Å². The first-order chi connectivity index (χ1) is 11.1. The Bertz CT molecular complexity index is 654. The molecule has 23 heavy (non-hydrogen) atoms. The standard InChI is InChI=1S/C20H20Cl2O/c1-16(6-5-9-20(21)22)14-15-23-19-12-10-18(11-13-19)17-7-3-2-4-8-17/h2-4,7-14H,5-6,15H2,1H3. The molecule has 2 aromatic carbocycles. The second-order valence-electron chi connectivity index (χ2n) is 5.28. The van der Waals surface area contributed by atoms with Gasteiger partial charge in [0.2, 0.25) is 0 Å². The Kier molecular flexibility index (Phi) is 7.25. The maximum Gasteiger partial charge on any atom is 0.119 e. The van der Waals surface area contributed by atoms with Gasteiger partial charge in [-0.3, -0.25) is 0 Å². The van der Waals surface area contributed by atoms with Crippen LogP contribution in [0.15, 0.2) is 76.8 Å². The molecule has 0 radical (unpaired) electrons. The monoisotopic (exact) mass is 346 g/mol. The van der Waals surface area contributed by atoms with E-state index in [1.807, 2.05) is 36.4 Å². The third kappa shape index (κ3) is 6.52. The van der Waals surface area contributed by atoms with Crippen molar-refractivity contribution < 1.29 is 4.74 Å². The van der Waals surface area contributed by atoms with E-state index in [4.69, 9.17) is 27.9 Å². The van der Waals surface area contributed by atoms with Gasteiger partial charge in [0.25, 0.3) is 0 Å². The third-order valence-electron chi connectivity index (χ3n) is 3.48. The molecule has 0 unspecified atom stereocenters. The highest BCUT2D eigenvalue weighted by molar-refractivity contribution is 6.55. The molecular weight excluding hydrogens is 327 g/mol. The van der Waals surface area contributed by atoms with E-state index in [1.54, 1.807) is 0 Å². The number of halogens is 2. The first-order valence-corrected chi connectivity index (χ1v) is 8.36. The Morgan fingerprint density at radius 2 is 1.57 bits per heavy atom. The van der Waals surface area contributed by atoms with E-state index in [2.05, 4.69) is 37.3 Å². The molecule has 2 rings (SSSR count). The fourth-order valence-corrected chi connectivity index (χ4v) is 2.38. The van der Waals surface area contributed by atoms with E-state index in [-0.39, 0.29) is 0 Å². The molecule has 0 spiro atoms. The predicted octanol–water partition coefficient (Wildman–Crippen LogP) is 6.78. The lowest BCUT2D eigenvalue weighted by Gasteiger charge is -2.06. The summed E-state index contributed by atoms with van der Waals surface area (Å²) in [4.78, 5) is 0. The maximum atomic E-state index is 5.75. The van der Waals surface area contributed by atoms with Crippen LogP contribution in [0.2, 0.25) is 0 Å². The summed E-state index contributed by atoms with van der Waals surface area (Å²) in [6.07, 6.45) is 5.67. The molecule has 3 heteroatoms. The zero-order valence-corrected chi connectivity index (χ0v) is 14.6. The van der Waals surface area contributed by atoms with Gasteiger partial charge in [0.05, 0.1) is 0 Å². The van der Waals surface area contributed by atoms with Gasteiger partial charge in [-0.2, -0.15) is 0 Å². The molecule has 1 nitrogen and oxygen atoms in total. The summed E-state index contributed by atoms with van der Waals surface area (Å²) in [5.41, 5.74) is 3.66. The molecule has 0 aliphatic heterocycles. The first kappa shape index (κ1) is 17.7. The Labute approximate surface area is 148 Å². The van der Waals surface area contributed by atoms with Crippen molar-refractivity contribution in [2.45, 2.75) is 19.8 Å². The molecule has 0 heterocycles. The van der Waals surface area contributed by atoms with Crippen LogP contribution in [0.5, 0.6) is 5.75 Å². The number of hydrogen-bond donors (Lipinski definition) is 0. The Morgan fingerprint density at radius 1 is 0.913 bits per heavy atom. The molecule has 0 aliphatic carbocycles. The summed E-state index contributed by atoms with van der Waals surface area (Å²) < 4.78 is 6.08. The molecular formula is C20H20Cl2O. The van der Waals surface area contributed by atoms with Gasteiger partial charge >= 0.3 is 0 Å². The summed E-state index contributed by atoms with van der Waals surface area (Å²) in [5.74, 6) is 0.873. The number of hydrogen-bond acceptors (Lipinski definition) is 1. The molecule has 0 N–H and O–H groups in total. The normalized spacial score (nSPS) is 11.2. The van der Waals surface area contributed by atoms with Gasteiger partial charge < -0.3 is 4.74 Å². The quantitative estimate of drug-likeness (QED) is 0.502. The first-order valence-electron chi connectivity index (χ1n) is 7.60. The number of allylic oxidation sites excluding steroid dienone is 2. The summed E-state index contributed by atoms with van der Waals surface area (Å²) in [7, 11) is 0. The topological polar surface area (TPSA) is 9.23 Å². The zero-order valence-electron chi connectivity index (χ0n) is 13.1.